The Morgan fingerprint density at radius 2 is 1.93 bits per heavy atom. The highest BCUT2D eigenvalue weighted by Gasteiger charge is 2.41. The quantitative estimate of drug-likeness (QED) is 0.839. The molecule has 1 N–H and O–H groups in total. The molecular formula is C22H30N6O. The summed E-state index contributed by atoms with van der Waals surface area (Å²) in [4.78, 5) is 30.6. The molecule has 1 fully saturated rings. The standard InChI is InChI=1S/C22H30N6O/c1-22(2)15-28(17-6-4-5-7-17)19-18(27(3)20(22)29)14-25-21(26-19)24-13-10-16-8-11-23-12-9-16/h8-9,11-12,14,17H,4-7,10,13,15H2,1-3H3,(H,24,25,26). The van der Waals surface area contributed by atoms with Gasteiger partial charge in [0.1, 0.15) is 5.69 Å². The average Bonchev–Trinajstić information content (AvgIpc) is 3.24. The maximum absolute atomic E-state index is 13.0. The number of nitrogens with one attached hydrogen (secondary N) is 1. The fourth-order valence-corrected chi connectivity index (χ4v) is 4.42. The minimum atomic E-state index is -0.465. The molecule has 0 bridgehead atoms. The molecule has 0 unspecified atom stereocenters. The molecular weight excluding hydrogens is 364 g/mol. The average molecular weight is 395 g/mol. The van der Waals surface area contributed by atoms with Crippen molar-refractivity contribution in [2.75, 3.05) is 35.3 Å². The summed E-state index contributed by atoms with van der Waals surface area (Å²) in [6, 6.07) is 4.47. The highest BCUT2D eigenvalue weighted by Crippen LogP contribution is 2.40. The first-order valence-corrected chi connectivity index (χ1v) is 10.5. The van der Waals surface area contributed by atoms with Crippen molar-refractivity contribution in [1.29, 1.82) is 0 Å². The van der Waals surface area contributed by atoms with E-state index in [-0.39, 0.29) is 5.91 Å². The molecule has 2 aromatic heterocycles. The first-order chi connectivity index (χ1) is 14.0. The van der Waals surface area contributed by atoms with Crippen molar-refractivity contribution in [3.63, 3.8) is 0 Å². The third kappa shape index (κ3) is 4.04. The van der Waals surface area contributed by atoms with Crippen molar-refractivity contribution in [3.05, 3.63) is 36.3 Å². The lowest BCUT2D eigenvalue weighted by molar-refractivity contribution is -0.125. The van der Waals surface area contributed by atoms with E-state index in [1.165, 1.54) is 18.4 Å². The minimum absolute atomic E-state index is 0.112. The van der Waals surface area contributed by atoms with Crippen molar-refractivity contribution in [2.24, 2.45) is 5.41 Å². The van der Waals surface area contributed by atoms with Gasteiger partial charge in [-0.1, -0.05) is 12.8 Å². The summed E-state index contributed by atoms with van der Waals surface area (Å²) in [5, 5.41) is 3.35. The normalized spacial score (nSPS) is 19.2. The number of amides is 1. The molecule has 7 heteroatoms. The SMILES string of the molecule is CN1C(=O)C(C)(C)CN(C2CCCC2)c2nc(NCCc3ccncc3)ncc21. The highest BCUT2D eigenvalue weighted by molar-refractivity contribution is 6.00. The molecule has 2 aromatic rings. The van der Waals surface area contributed by atoms with Gasteiger partial charge in [0.25, 0.3) is 0 Å². The molecule has 0 spiro atoms. The molecule has 3 heterocycles. The van der Waals surface area contributed by atoms with Crippen LogP contribution in [0.1, 0.15) is 45.1 Å². The van der Waals surface area contributed by atoms with E-state index in [1.54, 1.807) is 11.1 Å². The van der Waals surface area contributed by atoms with Gasteiger partial charge in [-0.05, 0) is 50.8 Å². The van der Waals surface area contributed by atoms with Crippen LogP contribution in [-0.4, -0.2) is 47.0 Å². The fourth-order valence-electron chi connectivity index (χ4n) is 4.42. The predicted octanol–water partition coefficient (Wildman–Crippen LogP) is 3.28. The van der Waals surface area contributed by atoms with Crippen LogP contribution in [0.5, 0.6) is 0 Å². The molecule has 1 amide bonds. The Labute approximate surface area is 172 Å². The van der Waals surface area contributed by atoms with Gasteiger partial charge in [-0.15, -0.1) is 0 Å². The van der Waals surface area contributed by atoms with Crippen LogP contribution < -0.4 is 15.1 Å². The number of hydrogen-bond acceptors (Lipinski definition) is 6. The number of carbonyl (C=O) groups excluding carboxylic acids is 1. The van der Waals surface area contributed by atoms with E-state index in [4.69, 9.17) is 4.98 Å². The molecule has 1 aliphatic carbocycles. The molecule has 2 aliphatic rings. The van der Waals surface area contributed by atoms with Crippen LogP contribution in [0.4, 0.5) is 17.5 Å². The second kappa shape index (κ2) is 7.97. The Hall–Kier alpha value is -2.70. The molecule has 1 saturated carbocycles. The van der Waals surface area contributed by atoms with Gasteiger partial charge in [-0.2, -0.15) is 4.98 Å². The molecule has 0 atom stereocenters. The molecule has 29 heavy (non-hydrogen) atoms. The van der Waals surface area contributed by atoms with E-state index in [9.17, 15) is 4.79 Å². The molecule has 0 radical (unpaired) electrons. The Morgan fingerprint density at radius 1 is 1.21 bits per heavy atom. The largest absolute Gasteiger partial charge is 0.354 e. The summed E-state index contributed by atoms with van der Waals surface area (Å²) in [5.74, 6) is 1.60. The van der Waals surface area contributed by atoms with E-state index in [0.29, 0.717) is 18.5 Å². The summed E-state index contributed by atoms with van der Waals surface area (Å²) in [7, 11) is 1.83. The van der Waals surface area contributed by atoms with Crippen LogP contribution in [0.2, 0.25) is 0 Å². The maximum atomic E-state index is 13.0. The topological polar surface area (TPSA) is 74.2 Å². The Kier molecular flexibility index (Phi) is 5.39. The van der Waals surface area contributed by atoms with Crippen LogP contribution in [0, 0.1) is 5.41 Å². The number of nitrogens with zero attached hydrogens (tertiary/aromatic N) is 5. The van der Waals surface area contributed by atoms with Crippen molar-refractivity contribution in [3.8, 4) is 0 Å². The van der Waals surface area contributed by atoms with Crippen LogP contribution in [0.3, 0.4) is 0 Å². The third-order valence-corrected chi connectivity index (χ3v) is 6.04. The van der Waals surface area contributed by atoms with E-state index in [1.807, 2.05) is 45.4 Å². The van der Waals surface area contributed by atoms with E-state index in [0.717, 1.165) is 37.3 Å². The number of hydrogen-bond donors (Lipinski definition) is 1. The summed E-state index contributed by atoms with van der Waals surface area (Å²) < 4.78 is 0. The zero-order valence-corrected chi connectivity index (χ0v) is 17.6. The maximum Gasteiger partial charge on any atom is 0.234 e. The van der Waals surface area contributed by atoms with Crippen LogP contribution >= 0.6 is 0 Å². The first kappa shape index (κ1) is 19.6. The van der Waals surface area contributed by atoms with Gasteiger partial charge in [0, 0.05) is 38.6 Å². The lowest BCUT2D eigenvalue weighted by Crippen LogP contribution is -2.45. The van der Waals surface area contributed by atoms with Crippen molar-refractivity contribution < 1.29 is 4.79 Å². The van der Waals surface area contributed by atoms with Gasteiger partial charge in [0.15, 0.2) is 5.82 Å². The Morgan fingerprint density at radius 3 is 2.66 bits per heavy atom. The first-order valence-electron chi connectivity index (χ1n) is 10.5. The highest BCUT2D eigenvalue weighted by atomic mass is 16.2. The Balaban J connectivity index is 1.60. The number of pyridine rings is 1. The lowest BCUT2D eigenvalue weighted by atomic mass is 9.91. The molecule has 7 nitrogen and oxygen atoms in total. The third-order valence-electron chi connectivity index (χ3n) is 6.04. The number of aromatic nitrogens is 3. The Bertz CT molecular complexity index is 863. The monoisotopic (exact) mass is 394 g/mol. The van der Waals surface area contributed by atoms with Crippen molar-refractivity contribution >= 4 is 23.4 Å². The zero-order chi connectivity index (χ0) is 20.4. The van der Waals surface area contributed by atoms with Crippen LogP contribution in [-0.2, 0) is 11.2 Å². The molecule has 0 saturated heterocycles. The van der Waals surface area contributed by atoms with Gasteiger partial charge in [-0.3, -0.25) is 9.78 Å². The summed E-state index contributed by atoms with van der Waals surface area (Å²) in [6.45, 7) is 5.48. The van der Waals surface area contributed by atoms with E-state index >= 15 is 0 Å². The molecule has 1 aliphatic heterocycles. The minimum Gasteiger partial charge on any atom is -0.354 e. The summed E-state index contributed by atoms with van der Waals surface area (Å²) >= 11 is 0. The van der Waals surface area contributed by atoms with Gasteiger partial charge in [0.2, 0.25) is 11.9 Å². The number of fused-ring (bicyclic) bond motifs is 1. The van der Waals surface area contributed by atoms with Crippen LogP contribution in [0.25, 0.3) is 0 Å². The van der Waals surface area contributed by atoms with Crippen LogP contribution in [0.15, 0.2) is 30.7 Å². The zero-order valence-electron chi connectivity index (χ0n) is 17.6. The van der Waals surface area contributed by atoms with E-state index < -0.39 is 5.41 Å². The molecule has 154 valence electrons. The predicted molar refractivity (Wildman–Crippen MR) is 115 cm³/mol. The van der Waals surface area contributed by atoms with Gasteiger partial charge in [-0.25, -0.2) is 4.98 Å². The second-order valence-electron chi connectivity index (χ2n) is 8.75. The summed E-state index contributed by atoms with van der Waals surface area (Å²) in [6.07, 6.45) is 11.1. The second-order valence-corrected chi connectivity index (χ2v) is 8.75. The van der Waals surface area contributed by atoms with Gasteiger partial charge in [0.05, 0.1) is 11.6 Å². The van der Waals surface area contributed by atoms with Crippen molar-refractivity contribution in [1.82, 2.24) is 15.0 Å². The van der Waals surface area contributed by atoms with Gasteiger partial charge < -0.3 is 15.1 Å². The molecule has 4 rings (SSSR count). The fraction of sp³-hybridized carbons (Fsp3) is 0.545. The molecule has 0 aromatic carbocycles. The van der Waals surface area contributed by atoms with Gasteiger partial charge >= 0.3 is 0 Å². The number of carbonyl (C=O) groups is 1. The smallest absolute Gasteiger partial charge is 0.234 e. The summed E-state index contributed by atoms with van der Waals surface area (Å²) in [5.41, 5.74) is 1.56. The van der Waals surface area contributed by atoms with Crippen molar-refractivity contribution in [2.45, 2.75) is 52.0 Å². The lowest BCUT2D eigenvalue weighted by Gasteiger charge is -2.34. The number of anilines is 3. The number of rotatable bonds is 5. The van der Waals surface area contributed by atoms with E-state index in [2.05, 4.69) is 20.2 Å².